The third-order valence-corrected chi connectivity index (χ3v) is 2.52. The molecule has 2 N–H and O–H groups in total. The number of aliphatic carboxylic acids is 1. The summed E-state index contributed by atoms with van der Waals surface area (Å²) in [7, 11) is 0. The van der Waals surface area contributed by atoms with E-state index in [0.717, 1.165) is 0 Å². The number of amides is 2. The molecule has 0 aromatic carbocycles. The van der Waals surface area contributed by atoms with E-state index in [9.17, 15) is 14.4 Å². The number of likely N-dealkylation sites (tertiary alicyclic amines) is 1. The predicted molar refractivity (Wildman–Crippen MR) is 55.6 cm³/mol. The molecule has 1 heterocycles. The first kappa shape index (κ1) is 12.6. The largest absolute Gasteiger partial charge is 0.480 e. The van der Waals surface area contributed by atoms with Gasteiger partial charge in [0, 0.05) is 6.04 Å². The van der Waals surface area contributed by atoms with Gasteiger partial charge in [-0.25, -0.2) is 0 Å². The van der Waals surface area contributed by atoms with Crippen LogP contribution in [0.2, 0.25) is 0 Å². The molecule has 0 aliphatic carbocycles. The van der Waals surface area contributed by atoms with Crippen molar-refractivity contribution in [2.24, 2.45) is 0 Å². The van der Waals surface area contributed by atoms with E-state index in [2.05, 4.69) is 5.32 Å². The first-order chi connectivity index (χ1) is 7.34. The Morgan fingerprint density at radius 1 is 1.44 bits per heavy atom. The van der Waals surface area contributed by atoms with Crippen LogP contribution in [0, 0.1) is 0 Å². The second kappa shape index (κ2) is 4.61. The fraction of sp³-hybridized carbons (Fsp3) is 0.700. The Hall–Kier alpha value is -1.43. The zero-order valence-corrected chi connectivity index (χ0v) is 9.56. The number of carbonyl (C=O) groups excluding carboxylic acids is 2. The van der Waals surface area contributed by atoms with Crippen LogP contribution in [0.1, 0.15) is 27.2 Å². The van der Waals surface area contributed by atoms with Crippen molar-refractivity contribution in [1.82, 2.24) is 10.2 Å². The molecular formula is C10H16N2O4. The van der Waals surface area contributed by atoms with Crippen LogP contribution in [0.5, 0.6) is 0 Å². The van der Waals surface area contributed by atoms with E-state index >= 15 is 0 Å². The molecule has 1 rings (SSSR count). The van der Waals surface area contributed by atoms with Crippen molar-refractivity contribution in [3.05, 3.63) is 0 Å². The van der Waals surface area contributed by atoms with Gasteiger partial charge >= 0.3 is 5.97 Å². The summed E-state index contributed by atoms with van der Waals surface area (Å²) in [6.45, 7) is 4.94. The molecule has 0 aromatic rings. The van der Waals surface area contributed by atoms with Gasteiger partial charge in [0.25, 0.3) is 0 Å². The highest BCUT2D eigenvalue weighted by Gasteiger charge is 2.40. The number of hydrogen-bond donors (Lipinski definition) is 2. The molecule has 1 saturated heterocycles. The van der Waals surface area contributed by atoms with E-state index in [1.54, 1.807) is 13.8 Å². The summed E-state index contributed by atoms with van der Waals surface area (Å²) in [4.78, 5) is 35.1. The second-order valence-corrected chi connectivity index (χ2v) is 4.18. The lowest BCUT2D eigenvalue weighted by atomic mass is 10.2. The van der Waals surface area contributed by atoms with E-state index < -0.39 is 18.1 Å². The molecular weight excluding hydrogens is 212 g/mol. The molecule has 6 nitrogen and oxygen atoms in total. The van der Waals surface area contributed by atoms with Gasteiger partial charge in [0.05, 0.1) is 12.5 Å². The van der Waals surface area contributed by atoms with Crippen LogP contribution in [-0.2, 0) is 14.4 Å². The number of carbonyl (C=O) groups is 3. The normalized spacial score (nSPS) is 23.0. The SMILES string of the molecule is CC(C)N1C(=O)CC(N[C@H](C)C(=O)O)C1=O. The van der Waals surface area contributed by atoms with Crippen molar-refractivity contribution in [2.75, 3.05) is 0 Å². The van der Waals surface area contributed by atoms with Crippen LogP contribution in [-0.4, -0.2) is 45.9 Å². The van der Waals surface area contributed by atoms with Crippen LogP contribution in [0.25, 0.3) is 0 Å². The summed E-state index contributed by atoms with van der Waals surface area (Å²) in [5, 5.41) is 11.3. The average Bonchev–Trinajstić information content (AvgIpc) is 2.41. The van der Waals surface area contributed by atoms with E-state index in [1.807, 2.05) is 0 Å². The summed E-state index contributed by atoms with van der Waals surface area (Å²) in [6.07, 6.45) is 0.0363. The van der Waals surface area contributed by atoms with Gasteiger partial charge in [-0.05, 0) is 20.8 Å². The lowest BCUT2D eigenvalue weighted by Crippen LogP contribution is -2.46. The Kier molecular flexibility index (Phi) is 3.64. The Bertz CT molecular complexity index is 327. The summed E-state index contributed by atoms with van der Waals surface area (Å²) in [5.41, 5.74) is 0. The molecule has 1 fully saturated rings. The van der Waals surface area contributed by atoms with Crippen molar-refractivity contribution < 1.29 is 19.5 Å². The lowest BCUT2D eigenvalue weighted by molar-refractivity contribution is -0.140. The predicted octanol–water partition coefficient (Wildman–Crippen LogP) is -0.415. The highest BCUT2D eigenvalue weighted by atomic mass is 16.4. The first-order valence-electron chi connectivity index (χ1n) is 5.19. The quantitative estimate of drug-likeness (QED) is 0.638. The summed E-state index contributed by atoms with van der Waals surface area (Å²) in [6, 6.07) is -1.73. The van der Waals surface area contributed by atoms with Crippen molar-refractivity contribution >= 4 is 17.8 Å². The Morgan fingerprint density at radius 3 is 2.38 bits per heavy atom. The second-order valence-electron chi connectivity index (χ2n) is 4.18. The standard InChI is InChI=1S/C10H16N2O4/c1-5(2)12-8(13)4-7(9(12)14)11-6(3)10(15)16/h5-7,11H,4H2,1-3H3,(H,15,16)/t6-,7?/m1/s1. The number of nitrogens with zero attached hydrogens (tertiary/aromatic N) is 1. The fourth-order valence-corrected chi connectivity index (χ4v) is 1.70. The van der Waals surface area contributed by atoms with Gasteiger partial charge < -0.3 is 5.11 Å². The summed E-state index contributed by atoms with van der Waals surface area (Å²) < 4.78 is 0. The van der Waals surface area contributed by atoms with Crippen molar-refractivity contribution in [3.8, 4) is 0 Å². The van der Waals surface area contributed by atoms with Crippen molar-refractivity contribution in [2.45, 2.75) is 45.3 Å². The lowest BCUT2D eigenvalue weighted by Gasteiger charge is -2.19. The fourth-order valence-electron chi connectivity index (χ4n) is 1.70. The maximum atomic E-state index is 11.8. The monoisotopic (exact) mass is 228 g/mol. The molecule has 1 aliphatic heterocycles. The van der Waals surface area contributed by atoms with Gasteiger partial charge in [-0.15, -0.1) is 0 Å². The molecule has 0 saturated carbocycles. The molecule has 0 aromatic heterocycles. The molecule has 1 unspecified atom stereocenters. The minimum absolute atomic E-state index is 0.0363. The maximum Gasteiger partial charge on any atom is 0.320 e. The molecule has 16 heavy (non-hydrogen) atoms. The number of carboxylic acid groups (broad SMARTS) is 1. The smallest absolute Gasteiger partial charge is 0.320 e. The van der Waals surface area contributed by atoms with Gasteiger partial charge in [0.1, 0.15) is 6.04 Å². The first-order valence-corrected chi connectivity index (χ1v) is 5.19. The van der Waals surface area contributed by atoms with Crippen molar-refractivity contribution in [3.63, 3.8) is 0 Å². The minimum atomic E-state index is -1.04. The third-order valence-electron chi connectivity index (χ3n) is 2.52. The van der Waals surface area contributed by atoms with Gasteiger partial charge in [-0.1, -0.05) is 0 Å². The van der Waals surface area contributed by atoms with Gasteiger partial charge in [-0.2, -0.15) is 0 Å². The van der Waals surface area contributed by atoms with Crippen LogP contribution < -0.4 is 5.32 Å². The molecule has 1 aliphatic rings. The molecule has 6 heteroatoms. The highest BCUT2D eigenvalue weighted by molar-refractivity contribution is 6.06. The van der Waals surface area contributed by atoms with Gasteiger partial charge in [0.15, 0.2) is 0 Å². The van der Waals surface area contributed by atoms with E-state index in [4.69, 9.17) is 5.11 Å². The van der Waals surface area contributed by atoms with E-state index in [-0.39, 0.29) is 24.3 Å². The van der Waals surface area contributed by atoms with Gasteiger partial charge in [-0.3, -0.25) is 24.6 Å². The number of hydrogen-bond acceptors (Lipinski definition) is 4. The van der Waals surface area contributed by atoms with Crippen LogP contribution in [0.15, 0.2) is 0 Å². The molecule has 2 amide bonds. The molecule has 90 valence electrons. The van der Waals surface area contributed by atoms with Gasteiger partial charge in [0.2, 0.25) is 11.8 Å². The zero-order chi connectivity index (χ0) is 12.5. The third kappa shape index (κ3) is 2.38. The number of imide groups is 1. The number of rotatable bonds is 4. The average molecular weight is 228 g/mol. The molecule has 0 spiro atoms. The zero-order valence-electron chi connectivity index (χ0n) is 9.56. The highest BCUT2D eigenvalue weighted by Crippen LogP contribution is 2.16. The van der Waals surface area contributed by atoms with Crippen LogP contribution in [0.3, 0.4) is 0 Å². The maximum absolute atomic E-state index is 11.8. The Morgan fingerprint density at radius 2 is 2.00 bits per heavy atom. The van der Waals surface area contributed by atoms with Crippen LogP contribution in [0.4, 0.5) is 0 Å². The minimum Gasteiger partial charge on any atom is -0.480 e. The molecule has 0 radical (unpaired) electrons. The Labute approximate surface area is 93.6 Å². The van der Waals surface area contributed by atoms with E-state index in [0.29, 0.717) is 0 Å². The number of carboxylic acids is 1. The molecule has 0 bridgehead atoms. The number of nitrogens with one attached hydrogen (secondary N) is 1. The summed E-state index contributed by atoms with van der Waals surface area (Å²) >= 11 is 0. The van der Waals surface area contributed by atoms with Crippen molar-refractivity contribution in [1.29, 1.82) is 0 Å². The van der Waals surface area contributed by atoms with E-state index in [1.165, 1.54) is 11.8 Å². The topological polar surface area (TPSA) is 86.7 Å². The molecule has 2 atom stereocenters. The van der Waals surface area contributed by atoms with Crippen LogP contribution >= 0.6 is 0 Å². The summed E-state index contributed by atoms with van der Waals surface area (Å²) in [5.74, 6) is -1.63. The Balaban J connectivity index is 2.69.